The molecule has 1 saturated heterocycles. The molecule has 0 bridgehead atoms. The standard InChI is InChI=1S/C24H27N3O4/c1-16(28)26-12-10-24(11-13-26)27-20(18-6-4-5-7-21(18)31-24)15-19(25-27)17-8-9-22(29-2)23(14-17)30-3/h4-9,14,20H,10-13,15H2,1-3H3/t20-/m1/s1. The molecule has 5 rings (SSSR count). The van der Waals surface area contributed by atoms with E-state index in [9.17, 15) is 4.79 Å². The maximum atomic E-state index is 11.9. The Morgan fingerprint density at radius 1 is 1.10 bits per heavy atom. The van der Waals surface area contributed by atoms with Crippen molar-refractivity contribution in [3.8, 4) is 17.2 Å². The molecule has 1 spiro atoms. The summed E-state index contributed by atoms with van der Waals surface area (Å²) in [7, 11) is 3.28. The average Bonchev–Trinajstić information content (AvgIpc) is 3.26. The molecular formula is C24H27N3O4. The zero-order valence-corrected chi connectivity index (χ0v) is 18.1. The molecule has 3 heterocycles. The number of hydrazone groups is 1. The van der Waals surface area contributed by atoms with Gasteiger partial charge in [-0.2, -0.15) is 5.10 Å². The lowest BCUT2D eigenvalue weighted by atomic mass is 9.90. The molecule has 1 fully saturated rings. The van der Waals surface area contributed by atoms with Crippen LogP contribution >= 0.6 is 0 Å². The van der Waals surface area contributed by atoms with Gasteiger partial charge in [-0.15, -0.1) is 0 Å². The molecule has 0 unspecified atom stereocenters. The van der Waals surface area contributed by atoms with Crippen LogP contribution in [0.25, 0.3) is 0 Å². The van der Waals surface area contributed by atoms with E-state index in [0.29, 0.717) is 24.6 Å². The predicted octanol–water partition coefficient (Wildman–Crippen LogP) is 3.59. The second kappa shape index (κ2) is 7.48. The summed E-state index contributed by atoms with van der Waals surface area (Å²) in [5.74, 6) is 2.42. The first-order chi connectivity index (χ1) is 15.0. The number of piperidine rings is 1. The van der Waals surface area contributed by atoms with E-state index in [2.05, 4.69) is 11.1 Å². The Kier molecular flexibility index (Phi) is 4.76. The normalized spacial score (nSPS) is 21.1. The van der Waals surface area contributed by atoms with Crippen molar-refractivity contribution in [1.29, 1.82) is 0 Å². The third-order valence-electron chi connectivity index (χ3n) is 6.61. The van der Waals surface area contributed by atoms with E-state index in [1.165, 1.54) is 0 Å². The molecule has 0 aromatic heterocycles. The number of benzene rings is 2. The maximum Gasteiger partial charge on any atom is 0.219 e. The number of fused-ring (bicyclic) bond motifs is 4. The number of amides is 1. The van der Waals surface area contributed by atoms with Crippen molar-refractivity contribution in [2.24, 2.45) is 5.10 Å². The van der Waals surface area contributed by atoms with Gasteiger partial charge < -0.3 is 19.1 Å². The Morgan fingerprint density at radius 2 is 1.84 bits per heavy atom. The van der Waals surface area contributed by atoms with Crippen molar-refractivity contribution in [3.63, 3.8) is 0 Å². The van der Waals surface area contributed by atoms with Crippen LogP contribution in [0.2, 0.25) is 0 Å². The second-order valence-electron chi connectivity index (χ2n) is 8.27. The summed E-state index contributed by atoms with van der Waals surface area (Å²) in [6, 6.07) is 14.3. The van der Waals surface area contributed by atoms with Gasteiger partial charge >= 0.3 is 0 Å². The number of para-hydroxylation sites is 1. The smallest absolute Gasteiger partial charge is 0.219 e. The third-order valence-corrected chi connectivity index (χ3v) is 6.61. The van der Waals surface area contributed by atoms with Gasteiger partial charge in [-0.1, -0.05) is 18.2 Å². The Hall–Kier alpha value is -3.22. The number of hydrogen-bond donors (Lipinski definition) is 0. The van der Waals surface area contributed by atoms with Gasteiger partial charge in [-0.05, 0) is 24.3 Å². The minimum atomic E-state index is -0.538. The summed E-state index contributed by atoms with van der Waals surface area (Å²) < 4.78 is 17.5. The van der Waals surface area contributed by atoms with Crippen molar-refractivity contribution in [2.45, 2.75) is 38.0 Å². The zero-order valence-electron chi connectivity index (χ0n) is 18.1. The lowest BCUT2D eigenvalue weighted by Gasteiger charge is -2.51. The highest BCUT2D eigenvalue weighted by Crippen LogP contribution is 2.50. The van der Waals surface area contributed by atoms with Crippen molar-refractivity contribution >= 4 is 11.6 Å². The number of methoxy groups -OCH3 is 2. The second-order valence-corrected chi connectivity index (χ2v) is 8.27. The van der Waals surface area contributed by atoms with Crippen LogP contribution in [-0.4, -0.2) is 54.6 Å². The quantitative estimate of drug-likeness (QED) is 0.758. The van der Waals surface area contributed by atoms with E-state index in [-0.39, 0.29) is 11.9 Å². The van der Waals surface area contributed by atoms with E-state index in [4.69, 9.17) is 19.3 Å². The van der Waals surface area contributed by atoms with Gasteiger partial charge in [0.05, 0.1) is 26.0 Å². The van der Waals surface area contributed by atoms with Crippen LogP contribution < -0.4 is 14.2 Å². The van der Waals surface area contributed by atoms with Crippen LogP contribution in [0.1, 0.15) is 43.4 Å². The number of carbonyl (C=O) groups excluding carboxylic acids is 1. The van der Waals surface area contributed by atoms with E-state index >= 15 is 0 Å². The van der Waals surface area contributed by atoms with Gasteiger partial charge in [-0.25, -0.2) is 5.01 Å². The third kappa shape index (κ3) is 3.19. The van der Waals surface area contributed by atoms with Crippen LogP contribution in [-0.2, 0) is 4.79 Å². The summed E-state index contributed by atoms with van der Waals surface area (Å²) in [5, 5.41) is 7.23. The number of hydrogen-bond acceptors (Lipinski definition) is 6. The van der Waals surface area contributed by atoms with Crippen molar-refractivity contribution in [2.75, 3.05) is 27.3 Å². The lowest BCUT2D eigenvalue weighted by molar-refractivity contribution is -0.158. The minimum absolute atomic E-state index is 0.108. The molecule has 2 aromatic carbocycles. The van der Waals surface area contributed by atoms with Crippen molar-refractivity contribution in [3.05, 3.63) is 53.6 Å². The van der Waals surface area contributed by atoms with Gasteiger partial charge in [0.15, 0.2) is 11.5 Å². The molecule has 1 atom stereocenters. The molecule has 3 aliphatic heterocycles. The van der Waals surface area contributed by atoms with Crippen molar-refractivity contribution in [1.82, 2.24) is 9.91 Å². The first-order valence-electron chi connectivity index (χ1n) is 10.7. The highest BCUT2D eigenvalue weighted by Gasteiger charge is 2.52. The van der Waals surface area contributed by atoms with Gasteiger partial charge in [-0.3, -0.25) is 4.79 Å². The van der Waals surface area contributed by atoms with Gasteiger partial charge in [0, 0.05) is 50.4 Å². The minimum Gasteiger partial charge on any atom is -0.493 e. The number of rotatable bonds is 3. The fourth-order valence-corrected chi connectivity index (χ4v) is 4.92. The Bertz CT molecular complexity index is 1040. The highest BCUT2D eigenvalue weighted by molar-refractivity contribution is 6.02. The average molecular weight is 421 g/mol. The molecule has 0 aliphatic carbocycles. The van der Waals surface area contributed by atoms with E-state index in [0.717, 1.165) is 41.9 Å². The molecule has 0 radical (unpaired) electrons. The lowest BCUT2D eigenvalue weighted by Crippen LogP contribution is -2.59. The topological polar surface area (TPSA) is 63.6 Å². The van der Waals surface area contributed by atoms with E-state index in [1.54, 1.807) is 21.1 Å². The fraction of sp³-hybridized carbons (Fsp3) is 0.417. The van der Waals surface area contributed by atoms with Crippen LogP contribution in [0.5, 0.6) is 17.2 Å². The van der Waals surface area contributed by atoms with E-state index < -0.39 is 5.72 Å². The number of likely N-dealkylation sites (tertiary alicyclic amines) is 1. The van der Waals surface area contributed by atoms with E-state index in [1.807, 2.05) is 41.3 Å². The number of nitrogens with zero attached hydrogens (tertiary/aromatic N) is 3. The molecule has 162 valence electrons. The fourth-order valence-electron chi connectivity index (χ4n) is 4.92. The SMILES string of the molecule is COc1ccc(C2=NN3[C@H](C2)c2ccccc2OC32CCN(C(C)=O)CC2)cc1OC. The largest absolute Gasteiger partial charge is 0.493 e. The van der Waals surface area contributed by atoms with Gasteiger partial charge in [0.1, 0.15) is 5.75 Å². The Morgan fingerprint density at radius 3 is 2.55 bits per heavy atom. The summed E-state index contributed by atoms with van der Waals surface area (Å²) in [6.07, 6.45) is 2.23. The monoisotopic (exact) mass is 421 g/mol. The Labute approximate surface area is 182 Å². The molecule has 2 aromatic rings. The summed E-state index contributed by atoms with van der Waals surface area (Å²) in [6.45, 7) is 2.96. The van der Waals surface area contributed by atoms with Gasteiger partial charge in [0.2, 0.25) is 11.6 Å². The highest BCUT2D eigenvalue weighted by atomic mass is 16.5. The molecule has 1 amide bonds. The van der Waals surface area contributed by atoms with Gasteiger partial charge in [0.25, 0.3) is 0 Å². The summed E-state index contributed by atoms with van der Waals surface area (Å²) in [4.78, 5) is 13.8. The predicted molar refractivity (Wildman–Crippen MR) is 117 cm³/mol. The van der Waals surface area contributed by atoms with Crippen LogP contribution in [0.15, 0.2) is 47.6 Å². The first-order valence-corrected chi connectivity index (χ1v) is 10.7. The summed E-state index contributed by atoms with van der Waals surface area (Å²) in [5.41, 5.74) is 2.63. The van der Waals surface area contributed by atoms with Crippen molar-refractivity contribution < 1.29 is 19.0 Å². The molecule has 31 heavy (non-hydrogen) atoms. The van der Waals surface area contributed by atoms with Crippen LogP contribution in [0.4, 0.5) is 0 Å². The molecular weight excluding hydrogens is 394 g/mol. The van der Waals surface area contributed by atoms with Crippen LogP contribution in [0.3, 0.4) is 0 Å². The number of carbonyl (C=O) groups is 1. The molecule has 3 aliphatic rings. The zero-order chi connectivity index (χ0) is 21.6. The maximum absolute atomic E-state index is 11.9. The Balaban J connectivity index is 1.53. The molecule has 7 nitrogen and oxygen atoms in total. The molecule has 7 heteroatoms. The number of ether oxygens (including phenoxy) is 3. The summed E-state index contributed by atoms with van der Waals surface area (Å²) >= 11 is 0. The van der Waals surface area contributed by atoms with Crippen LogP contribution in [0, 0.1) is 0 Å². The molecule has 0 N–H and O–H groups in total. The first kappa shape index (κ1) is 19.7. The molecule has 0 saturated carbocycles.